The van der Waals surface area contributed by atoms with Gasteiger partial charge in [-0.3, -0.25) is 0 Å². The number of ether oxygens (including phenoxy) is 2. The molecule has 0 saturated heterocycles. The molecule has 2 unspecified atom stereocenters. The van der Waals surface area contributed by atoms with Crippen LogP contribution >= 0.6 is 0 Å². The van der Waals surface area contributed by atoms with Crippen molar-refractivity contribution in [1.29, 1.82) is 0 Å². The SMILES string of the molecule is CCC(CCOC(C)CCO)OCCO. The third kappa shape index (κ3) is 8.81. The van der Waals surface area contributed by atoms with Gasteiger partial charge in [-0.2, -0.15) is 0 Å². The van der Waals surface area contributed by atoms with Gasteiger partial charge in [0.25, 0.3) is 0 Å². The van der Waals surface area contributed by atoms with Crippen molar-refractivity contribution in [2.24, 2.45) is 0 Å². The largest absolute Gasteiger partial charge is 0.396 e. The van der Waals surface area contributed by atoms with E-state index in [1.807, 2.05) is 6.92 Å². The molecule has 0 bridgehead atoms. The molecule has 0 aliphatic rings. The lowest BCUT2D eigenvalue weighted by atomic mass is 10.2. The number of hydrogen-bond acceptors (Lipinski definition) is 4. The lowest BCUT2D eigenvalue weighted by Gasteiger charge is -2.17. The summed E-state index contributed by atoms with van der Waals surface area (Å²) in [6, 6.07) is 0. The number of aliphatic hydroxyl groups excluding tert-OH is 2. The molecule has 0 aromatic heterocycles. The molecular formula is C11H24O4. The maximum absolute atomic E-state index is 8.68. The Balaban J connectivity index is 3.44. The Bertz CT molecular complexity index is 130. The van der Waals surface area contributed by atoms with Crippen LogP contribution in [0.3, 0.4) is 0 Å². The zero-order valence-corrected chi connectivity index (χ0v) is 9.82. The Hall–Kier alpha value is -0.160. The van der Waals surface area contributed by atoms with E-state index in [1.54, 1.807) is 0 Å². The molecule has 0 aliphatic carbocycles. The topological polar surface area (TPSA) is 58.9 Å². The maximum atomic E-state index is 8.68. The van der Waals surface area contributed by atoms with Gasteiger partial charge in [0.15, 0.2) is 0 Å². The lowest BCUT2D eigenvalue weighted by Crippen LogP contribution is -2.19. The molecule has 0 fully saturated rings. The second kappa shape index (κ2) is 10.4. The molecular weight excluding hydrogens is 196 g/mol. The number of rotatable bonds is 10. The fourth-order valence-corrected chi connectivity index (χ4v) is 1.29. The van der Waals surface area contributed by atoms with Gasteiger partial charge in [0.05, 0.1) is 25.4 Å². The van der Waals surface area contributed by atoms with Gasteiger partial charge in [-0.15, -0.1) is 0 Å². The van der Waals surface area contributed by atoms with Gasteiger partial charge < -0.3 is 19.7 Å². The molecule has 4 heteroatoms. The minimum Gasteiger partial charge on any atom is -0.396 e. The first-order valence-electron chi connectivity index (χ1n) is 5.69. The van der Waals surface area contributed by atoms with E-state index in [4.69, 9.17) is 19.7 Å². The third-order valence-corrected chi connectivity index (χ3v) is 2.28. The van der Waals surface area contributed by atoms with Crippen molar-refractivity contribution < 1.29 is 19.7 Å². The highest BCUT2D eigenvalue weighted by Gasteiger charge is 2.07. The van der Waals surface area contributed by atoms with E-state index in [2.05, 4.69) is 6.92 Å². The fourth-order valence-electron chi connectivity index (χ4n) is 1.29. The van der Waals surface area contributed by atoms with E-state index < -0.39 is 0 Å². The molecule has 15 heavy (non-hydrogen) atoms. The van der Waals surface area contributed by atoms with Crippen molar-refractivity contribution in [2.45, 2.75) is 45.3 Å². The van der Waals surface area contributed by atoms with Crippen LogP contribution in [-0.2, 0) is 9.47 Å². The summed E-state index contributed by atoms with van der Waals surface area (Å²) in [7, 11) is 0. The van der Waals surface area contributed by atoms with Gasteiger partial charge in [-0.1, -0.05) is 6.92 Å². The average Bonchev–Trinajstić information content (AvgIpc) is 2.23. The zero-order valence-electron chi connectivity index (χ0n) is 9.82. The van der Waals surface area contributed by atoms with Crippen LogP contribution in [0.4, 0.5) is 0 Å². The zero-order chi connectivity index (χ0) is 11.5. The van der Waals surface area contributed by atoms with Gasteiger partial charge >= 0.3 is 0 Å². The molecule has 4 nitrogen and oxygen atoms in total. The molecule has 2 atom stereocenters. The summed E-state index contributed by atoms with van der Waals surface area (Å²) >= 11 is 0. The van der Waals surface area contributed by atoms with Crippen molar-refractivity contribution in [2.75, 3.05) is 26.4 Å². The second-order valence-electron chi connectivity index (χ2n) is 3.61. The van der Waals surface area contributed by atoms with Crippen LogP contribution in [0, 0.1) is 0 Å². The molecule has 0 aromatic carbocycles. The first kappa shape index (κ1) is 14.8. The normalized spacial score (nSPS) is 15.2. The van der Waals surface area contributed by atoms with Crippen LogP contribution in [0.2, 0.25) is 0 Å². The molecule has 0 rings (SSSR count). The molecule has 0 saturated carbocycles. The highest BCUT2D eigenvalue weighted by Crippen LogP contribution is 2.05. The molecule has 0 aromatic rings. The first-order valence-corrected chi connectivity index (χ1v) is 5.69. The third-order valence-electron chi connectivity index (χ3n) is 2.28. The summed E-state index contributed by atoms with van der Waals surface area (Å²) in [5.74, 6) is 0. The Kier molecular flexibility index (Phi) is 10.3. The summed E-state index contributed by atoms with van der Waals surface area (Å²) < 4.78 is 10.9. The standard InChI is InChI=1S/C11H24O4/c1-3-11(15-9-7-13)5-8-14-10(2)4-6-12/h10-13H,3-9H2,1-2H3. The second-order valence-corrected chi connectivity index (χ2v) is 3.61. The monoisotopic (exact) mass is 220 g/mol. The van der Waals surface area contributed by atoms with Crippen LogP contribution in [0.5, 0.6) is 0 Å². The predicted molar refractivity (Wildman–Crippen MR) is 58.9 cm³/mol. The van der Waals surface area contributed by atoms with Gasteiger partial charge in [0.2, 0.25) is 0 Å². The maximum Gasteiger partial charge on any atom is 0.0701 e. The van der Waals surface area contributed by atoms with E-state index in [0.717, 1.165) is 12.8 Å². The summed E-state index contributed by atoms with van der Waals surface area (Å²) in [6.45, 7) is 5.28. The summed E-state index contributed by atoms with van der Waals surface area (Å²) in [6.07, 6.45) is 2.71. The van der Waals surface area contributed by atoms with E-state index in [0.29, 0.717) is 19.6 Å². The lowest BCUT2D eigenvalue weighted by molar-refractivity contribution is -0.0131. The number of hydrogen-bond donors (Lipinski definition) is 2. The Morgan fingerprint density at radius 1 is 1.00 bits per heavy atom. The van der Waals surface area contributed by atoms with Gasteiger partial charge in [0.1, 0.15) is 0 Å². The van der Waals surface area contributed by atoms with Crippen molar-refractivity contribution in [3.63, 3.8) is 0 Å². The summed E-state index contributed by atoms with van der Waals surface area (Å²) in [5, 5.41) is 17.3. The van der Waals surface area contributed by atoms with Crippen LogP contribution in [0.25, 0.3) is 0 Å². The summed E-state index contributed by atoms with van der Waals surface area (Å²) in [4.78, 5) is 0. The van der Waals surface area contributed by atoms with E-state index in [-0.39, 0.29) is 25.4 Å². The summed E-state index contributed by atoms with van der Waals surface area (Å²) in [5.41, 5.74) is 0. The first-order chi connectivity index (χ1) is 7.24. The van der Waals surface area contributed by atoms with Crippen LogP contribution < -0.4 is 0 Å². The Morgan fingerprint density at radius 2 is 1.73 bits per heavy atom. The smallest absolute Gasteiger partial charge is 0.0701 e. The molecule has 0 heterocycles. The molecule has 0 amide bonds. The van der Waals surface area contributed by atoms with Crippen molar-refractivity contribution in [3.05, 3.63) is 0 Å². The minimum absolute atomic E-state index is 0.0677. The minimum atomic E-state index is 0.0677. The van der Waals surface area contributed by atoms with Crippen LogP contribution in [-0.4, -0.2) is 48.8 Å². The average molecular weight is 220 g/mol. The molecule has 2 N–H and O–H groups in total. The highest BCUT2D eigenvalue weighted by molar-refractivity contribution is 4.56. The molecule has 0 spiro atoms. The van der Waals surface area contributed by atoms with E-state index in [1.165, 1.54) is 0 Å². The number of aliphatic hydroxyl groups is 2. The highest BCUT2D eigenvalue weighted by atomic mass is 16.5. The predicted octanol–water partition coefficient (Wildman–Crippen LogP) is 0.951. The quantitative estimate of drug-likeness (QED) is 0.575. The van der Waals surface area contributed by atoms with Crippen LogP contribution in [0.1, 0.15) is 33.1 Å². The van der Waals surface area contributed by atoms with Gasteiger partial charge in [-0.25, -0.2) is 0 Å². The van der Waals surface area contributed by atoms with Crippen molar-refractivity contribution in [1.82, 2.24) is 0 Å². The Labute approximate surface area is 92.2 Å². The fraction of sp³-hybridized carbons (Fsp3) is 1.00. The van der Waals surface area contributed by atoms with Crippen molar-refractivity contribution >= 4 is 0 Å². The van der Waals surface area contributed by atoms with E-state index in [9.17, 15) is 0 Å². The van der Waals surface area contributed by atoms with Crippen molar-refractivity contribution in [3.8, 4) is 0 Å². The van der Waals surface area contributed by atoms with Crippen LogP contribution in [0.15, 0.2) is 0 Å². The Morgan fingerprint density at radius 3 is 2.27 bits per heavy atom. The van der Waals surface area contributed by atoms with E-state index >= 15 is 0 Å². The van der Waals surface area contributed by atoms with Gasteiger partial charge in [-0.05, 0) is 26.2 Å². The molecule has 0 aliphatic heterocycles. The van der Waals surface area contributed by atoms with Gasteiger partial charge in [0, 0.05) is 13.2 Å². The molecule has 92 valence electrons. The molecule has 0 radical (unpaired) electrons.